The lowest BCUT2D eigenvalue weighted by atomic mass is 10.1. The topological polar surface area (TPSA) is 39.2 Å². The average molecular weight is 359 g/mol. The van der Waals surface area contributed by atoms with Gasteiger partial charge in [-0.3, -0.25) is 0 Å². The van der Waals surface area contributed by atoms with Crippen molar-refractivity contribution in [3.8, 4) is 0 Å². The van der Waals surface area contributed by atoms with Crippen LogP contribution in [0.5, 0.6) is 0 Å². The standard InChI is InChI=1S/C9H7Br2F2NO2/c1-2-16-9(15)4-3-5(10)14-7(11)6(4)8(12)13/h3,8H,2H2,1H3. The molecule has 7 heteroatoms. The van der Waals surface area contributed by atoms with Crippen molar-refractivity contribution in [1.29, 1.82) is 0 Å². The Hall–Kier alpha value is -0.560. The number of nitrogens with zero attached hydrogens (tertiary/aromatic N) is 1. The van der Waals surface area contributed by atoms with E-state index in [1.165, 1.54) is 6.07 Å². The first kappa shape index (κ1) is 13.5. The number of aromatic nitrogens is 1. The van der Waals surface area contributed by atoms with Gasteiger partial charge in [-0.15, -0.1) is 0 Å². The number of carbonyl (C=O) groups excluding carboxylic acids is 1. The Kier molecular flexibility index (Phi) is 4.79. The Morgan fingerprint density at radius 2 is 2.19 bits per heavy atom. The third-order valence-corrected chi connectivity index (χ3v) is 2.71. The van der Waals surface area contributed by atoms with Crippen LogP contribution in [0.2, 0.25) is 0 Å². The van der Waals surface area contributed by atoms with E-state index < -0.39 is 18.0 Å². The zero-order valence-corrected chi connectivity index (χ0v) is 11.3. The van der Waals surface area contributed by atoms with Crippen molar-refractivity contribution in [2.75, 3.05) is 6.61 Å². The summed E-state index contributed by atoms with van der Waals surface area (Å²) in [5.41, 5.74) is -0.646. The van der Waals surface area contributed by atoms with E-state index in [-0.39, 0.29) is 21.4 Å². The third kappa shape index (κ3) is 2.98. The third-order valence-electron chi connectivity index (χ3n) is 1.69. The Morgan fingerprint density at radius 3 is 2.69 bits per heavy atom. The number of esters is 1. The number of rotatable bonds is 3. The summed E-state index contributed by atoms with van der Waals surface area (Å²) in [4.78, 5) is 15.2. The van der Waals surface area contributed by atoms with Gasteiger partial charge in [-0.05, 0) is 44.8 Å². The number of hydrogen-bond acceptors (Lipinski definition) is 3. The molecule has 16 heavy (non-hydrogen) atoms. The van der Waals surface area contributed by atoms with E-state index in [0.29, 0.717) is 0 Å². The van der Waals surface area contributed by atoms with Gasteiger partial charge in [0.2, 0.25) is 0 Å². The highest BCUT2D eigenvalue weighted by Gasteiger charge is 2.24. The molecule has 0 radical (unpaired) electrons. The van der Waals surface area contributed by atoms with E-state index >= 15 is 0 Å². The Bertz CT molecular complexity index is 413. The maximum atomic E-state index is 12.7. The van der Waals surface area contributed by atoms with Gasteiger partial charge in [-0.1, -0.05) is 0 Å². The molecule has 88 valence electrons. The summed E-state index contributed by atoms with van der Waals surface area (Å²) in [5.74, 6) is -0.790. The number of pyridine rings is 1. The van der Waals surface area contributed by atoms with Crippen LogP contribution in [-0.4, -0.2) is 17.6 Å². The van der Waals surface area contributed by atoms with Crippen molar-refractivity contribution in [2.45, 2.75) is 13.3 Å². The molecule has 0 aromatic carbocycles. The molecule has 0 N–H and O–H groups in total. The van der Waals surface area contributed by atoms with E-state index in [1.54, 1.807) is 6.92 Å². The summed E-state index contributed by atoms with van der Waals surface area (Å²) in [7, 11) is 0. The zero-order valence-electron chi connectivity index (χ0n) is 8.14. The minimum Gasteiger partial charge on any atom is -0.462 e. The number of hydrogen-bond donors (Lipinski definition) is 0. The van der Waals surface area contributed by atoms with Crippen LogP contribution < -0.4 is 0 Å². The van der Waals surface area contributed by atoms with Crippen LogP contribution >= 0.6 is 31.9 Å². The van der Waals surface area contributed by atoms with Gasteiger partial charge in [0.15, 0.2) is 0 Å². The summed E-state index contributed by atoms with van der Waals surface area (Å²) in [6.45, 7) is 1.73. The summed E-state index contributed by atoms with van der Waals surface area (Å²) in [6, 6.07) is 1.21. The lowest BCUT2D eigenvalue weighted by Gasteiger charge is -2.10. The zero-order chi connectivity index (χ0) is 12.3. The first-order valence-corrected chi connectivity index (χ1v) is 5.87. The number of halogens is 4. The summed E-state index contributed by atoms with van der Waals surface area (Å²) >= 11 is 5.91. The van der Waals surface area contributed by atoms with E-state index in [2.05, 4.69) is 41.6 Å². The van der Waals surface area contributed by atoms with Gasteiger partial charge in [0, 0.05) is 0 Å². The van der Waals surface area contributed by atoms with Crippen LogP contribution in [0.3, 0.4) is 0 Å². The number of carbonyl (C=O) groups is 1. The molecule has 0 saturated heterocycles. The second-order valence-electron chi connectivity index (χ2n) is 2.72. The molecule has 0 aliphatic heterocycles. The minimum absolute atomic E-state index is 0.0695. The van der Waals surface area contributed by atoms with E-state index in [9.17, 15) is 13.6 Å². The molecule has 0 spiro atoms. The molecule has 1 rings (SSSR count). The van der Waals surface area contributed by atoms with Crippen LogP contribution in [0.4, 0.5) is 8.78 Å². The quantitative estimate of drug-likeness (QED) is 0.610. The fourth-order valence-corrected chi connectivity index (χ4v) is 2.30. The van der Waals surface area contributed by atoms with Crippen LogP contribution in [-0.2, 0) is 4.74 Å². The highest BCUT2D eigenvalue weighted by atomic mass is 79.9. The normalized spacial score (nSPS) is 10.6. The largest absolute Gasteiger partial charge is 0.462 e. The smallest absolute Gasteiger partial charge is 0.338 e. The Balaban J connectivity index is 3.29. The first-order valence-electron chi connectivity index (χ1n) is 4.28. The highest BCUT2D eigenvalue weighted by Crippen LogP contribution is 2.31. The van der Waals surface area contributed by atoms with Crippen LogP contribution in [0.1, 0.15) is 29.3 Å². The van der Waals surface area contributed by atoms with Gasteiger partial charge in [-0.2, -0.15) is 0 Å². The van der Waals surface area contributed by atoms with Crippen molar-refractivity contribution < 1.29 is 18.3 Å². The van der Waals surface area contributed by atoms with Crippen LogP contribution in [0, 0.1) is 0 Å². The lowest BCUT2D eigenvalue weighted by molar-refractivity contribution is 0.0514. The minimum atomic E-state index is -2.80. The summed E-state index contributed by atoms with van der Waals surface area (Å²) in [6.07, 6.45) is -2.80. The highest BCUT2D eigenvalue weighted by molar-refractivity contribution is 9.11. The molecule has 1 aromatic heterocycles. The lowest BCUT2D eigenvalue weighted by Crippen LogP contribution is -2.10. The van der Waals surface area contributed by atoms with Gasteiger partial charge >= 0.3 is 5.97 Å². The second kappa shape index (κ2) is 5.67. The molecule has 0 bridgehead atoms. The predicted octanol–water partition coefficient (Wildman–Crippen LogP) is 3.72. The molecule has 0 fully saturated rings. The molecule has 0 atom stereocenters. The van der Waals surface area contributed by atoms with Crippen LogP contribution in [0.15, 0.2) is 15.3 Å². The van der Waals surface area contributed by atoms with Crippen molar-refractivity contribution in [3.63, 3.8) is 0 Å². The Labute approximate surface area is 107 Å². The summed E-state index contributed by atoms with van der Waals surface area (Å²) in [5, 5.41) is 0. The molecule has 1 aromatic rings. The van der Waals surface area contributed by atoms with Gasteiger partial charge in [-0.25, -0.2) is 18.6 Å². The predicted molar refractivity (Wildman–Crippen MR) is 60.6 cm³/mol. The molecule has 0 unspecified atom stereocenters. The molecule has 0 saturated carbocycles. The monoisotopic (exact) mass is 357 g/mol. The maximum Gasteiger partial charge on any atom is 0.338 e. The SMILES string of the molecule is CCOC(=O)c1cc(Br)nc(Br)c1C(F)F. The average Bonchev–Trinajstić information content (AvgIpc) is 2.15. The van der Waals surface area contributed by atoms with Gasteiger partial charge in [0.25, 0.3) is 6.43 Å². The summed E-state index contributed by atoms with van der Waals surface area (Å²) < 4.78 is 30.4. The van der Waals surface area contributed by atoms with E-state index in [1.807, 2.05) is 0 Å². The van der Waals surface area contributed by atoms with Crippen molar-refractivity contribution in [1.82, 2.24) is 4.98 Å². The van der Waals surface area contributed by atoms with Crippen molar-refractivity contribution in [3.05, 3.63) is 26.4 Å². The molecule has 3 nitrogen and oxygen atoms in total. The Morgan fingerprint density at radius 1 is 1.56 bits per heavy atom. The van der Waals surface area contributed by atoms with Gasteiger partial charge in [0.05, 0.1) is 17.7 Å². The second-order valence-corrected chi connectivity index (χ2v) is 4.28. The molecular weight excluding hydrogens is 352 g/mol. The van der Waals surface area contributed by atoms with Gasteiger partial charge in [0.1, 0.15) is 9.21 Å². The molecular formula is C9H7Br2F2NO2. The number of alkyl halides is 2. The fourth-order valence-electron chi connectivity index (χ4n) is 1.08. The van der Waals surface area contributed by atoms with E-state index in [0.717, 1.165) is 0 Å². The maximum absolute atomic E-state index is 12.7. The molecule has 0 amide bonds. The molecule has 1 heterocycles. The molecule has 0 aliphatic rings. The van der Waals surface area contributed by atoms with Gasteiger partial charge < -0.3 is 4.74 Å². The molecule has 0 aliphatic carbocycles. The fraction of sp³-hybridized carbons (Fsp3) is 0.333. The van der Waals surface area contributed by atoms with Crippen molar-refractivity contribution >= 4 is 37.8 Å². The van der Waals surface area contributed by atoms with Crippen LogP contribution in [0.25, 0.3) is 0 Å². The van der Waals surface area contributed by atoms with Crippen molar-refractivity contribution in [2.24, 2.45) is 0 Å². The van der Waals surface area contributed by atoms with E-state index in [4.69, 9.17) is 0 Å². The first-order chi connectivity index (χ1) is 7.47. The number of ether oxygens (including phenoxy) is 1.